The van der Waals surface area contributed by atoms with E-state index in [9.17, 15) is 14.7 Å². The first kappa shape index (κ1) is 27.9. The molecule has 3 aromatic carbocycles. The number of carbonyl (C=O) groups is 2. The number of thiazole rings is 2. The zero-order valence-corrected chi connectivity index (χ0v) is 25.2. The van der Waals surface area contributed by atoms with Gasteiger partial charge in [-0.2, -0.15) is 0 Å². The number of amides is 1. The number of hydrogen-bond donors (Lipinski definition) is 2. The minimum Gasteiger partial charge on any atom is -0.494 e. The SMILES string of the molecule is O=C(Nc1nc2ccccc2s1)c1cccc2c1CN(c1nc(C(=O)O)c(CCCOc3ccc4ncccc4c3)s1)CC2. The Hall–Kier alpha value is -4.87. The summed E-state index contributed by atoms with van der Waals surface area (Å²) in [6.45, 7) is 1.59. The molecule has 1 amide bonds. The number of anilines is 2. The summed E-state index contributed by atoms with van der Waals surface area (Å²) in [4.78, 5) is 41.7. The maximum absolute atomic E-state index is 13.4. The van der Waals surface area contributed by atoms with E-state index in [2.05, 4.69) is 25.2 Å². The zero-order valence-electron chi connectivity index (χ0n) is 23.5. The number of aromatic carboxylic acids is 1. The van der Waals surface area contributed by atoms with Gasteiger partial charge in [0.05, 0.1) is 22.3 Å². The van der Waals surface area contributed by atoms with E-state index in [1.807, 2.05) is 72.8 Å². The van der Waals surface area contributed by atoms with Crippen LogP contribution in [0.5, 0.6) is 5.75 Å². The van der Waals surface area contributed by atoms with Gasteiger partial charge in [-0.1, -0.05) is 41.7 Å². The van der Waals surface area contributed by atoms with Crippen LogP contribution in [0.25, 0.3) is 21.1 Å². The summed E-state index contributed by atoms with van der Waals surface area (Å²) >= 11 is 2.84. The second-order valence-electron chi connectivity index (χ2n) is 10.4. The van der Waals surface area contributed by atoms with Crippen molar-refractivity contribution in [3.8, 4) is 5.75 Å². The molecule has 1 aliphatic heterocycles. The van der Waals surface area contributed by atoms with Crippen molar-refractivity contribution >= 4 is 65.9 Å². The van der Waals surface area contributed by atoms with Gasteiger partial charge in [0, 0.05) is 35.1 Å². The first-order valence-electron chi connectivity index (χ1n) is 14.2. The number of benzene rings is 3. The summed E-state index contributed by atoms with van der Waals surface area (Å²) in [5.41, 5.74) is 4.45. The van der Waals surface area contributed by atoms with Gasteiger partial charge < -0.3 is 14.7 Å². The highest BCUT2D eigenvalue weighted by atomic mass is 32.1. The minimum atomic E-state index is -1.04. The number of aromatic nitrogens is 3. The predicted octanol–water partition coefficient (Wildman–Crippen LogP) is 6.83. The maximum Gasteiger partial charge on any atom is 0.355 e. The second kappa shape index (κ2) is 12.0. The van der Waals surface area contributed by atoms with Crippen molar-refractivity contribution in [1.82, 2.24) is 15.0 Å². The van der Waals surface area contributed by atoms with Crippen molar-refractivity contribution in [1.29, 1.82) is 0 Å². The van der Waals surface area contributed by atoms with E-state index >= 15 is 0 Å². The van der Waals surface area contributed by atoms with Crippen molar-refractivity contribution < 1.29 is 19.4 Å². The molecule has 0 atom stereocenters. The van der Waals surface area contributed by atoms with Crippen LogP contribution in [-0.4, -0.2) is 45.1 Å². The van der Waals surface area contributed by atoms with Gasteiger partial charge in [0.25, 0.3) is 5.91 Å². The van der Waals surface area contributed by atoms with E-state index in [0.29, 0.717) is 53.2 Å². The average Bonchev–Trinajstić information content (AvgIpc) is 3.66. The highest BCUT2D eigenvalue weighted by Crippen LogP contribution is 2.33. The molecule has 0 saturated carbocycles. The van der Waals surface area contributed by atoms with Gasteiger partial charge in [-0.15, -0.1) is 11.3 Å². The van der Waals surface area contributed by atoms with Crippen LogP contribution in [0.4, 0.5) is 10.3 Å². The molecule has 2 N–H and O–H groups in total. The molecule has 4 heterocycles. The molecular weight excluding hydrogens is 595 g/mol. The Morgan fingerprint density at radius 3 is 2.77 bits per heavy atom. The Bertz CT molecular complexity index is 1990. The molecule has 3 aromatic heterocycles. The minimum absolute atomic E-state index is 0.0782. The van der Waals surface area contributed by atoms with Crippen molar-refractivity contribution in [3.05, 3.63) is 106 Å². The number of carboxylic acids is 1. The third-order valence-electron chi connectivity index (χ3n) is 7.58. The van der Waals surface area contributed by atoms with E-state index in [1.54, 1.807) is 6.20 Å². The van der Waals surface area contributed by atoms with Crippen LogP contribution >= 0.6 is 22.7 Å². The van der Waals surface area contributed by atoms with Gasteiger partial charge >= 0.3 is 5.97 Å². The molecule has 0 fully saturated rings. The average molecular weight is 622 g/mol. The van der Waals surface area contributed by atoms with Gasteiger partial charge in [0.15, 0.2) is 16.0 Å². The van der Waals surface area contributed by atoms with E-state index in [1.165, 1.54) is 22.7 Å². The fourth-order valence-electron chi connectivity index (χ4n) is 5.42. The summed E-state index contributed by atoms with van der Waals surface area (Å²) in [5, 5.41) is 15.1. The predicted molar refractivity (Wildman–Crippen MR) is 173 cm³/mol. The highest BCUT2D eigenvalue weighted by molar-refractivity contribution is 7.22. The van der Waals surface area contributed by atoms with Crippen molar-refractivity contribution in [2.45, 2.75) is 25.8 Å². The lowest BCUT2D eigenvalue weighted by molar-refractivity contribution is 0.0690. The van der Waals surface area contributed by atoms with Gasteiger partial charge in [-0.05, 0) is 72.9 Å². The number of ether oxygens (including phenoxy) is 1. The van der Waals surface area contributed by atoms with Crippen LogP contribution in [0.2, 0.25) is 0 Å². The Balaban J connectivity index is 1.04. The Morgan fingerprint density at radius 2 is 1.89 bits per heavy atom. The number of hydrogen-bond acceptors (Lipinski definition) is 9. The second-order valence-corrected chi connectivity index (χ2v) is 12.5. The third kappa shape index (κ3) is 5.71. The van der Waals surface area contributed by atoms with Gasteiger partial charge in [-0.25, -0.2) is 14.8 Å². The monoisotopic (exact) mass is 621 g/mol. The molecule has 0 aliphatic carbocycles. The largest absolute Gasteiger partial charge is 0.494 e. The molecule has 0 saturated heterocycles. The quantitative estimate of drug-likeness (QED) is 0.169. The molecular formula is C33H27N5O4S2. The third-order valence-corrected chi connectivity index (χ3v) is 9.71. The summed E-state index contributed by atoms with van der Waals surface area (Å²) in [6, 6.07) is 23.2. The number of carbonyl (C=O) groups excluding carboxylic acids is 1. The number of rotatable bonds is 9. The number of pyridine rings is 1. The highest BCUT2D eigenvalue weighted by Gasteiger charge is 2.26. The molecule has 220 valence electrons. The molecule has 9 nitrogen and oxygen atoms in total. The van der Waals surface area contributed by atoms with Gasteiger partial charge in [0.2, 0.25) is 0 Å². The lowest BCUT2D eigenvalue weighted by atomic mass is 9.94. The summed E-state index contributed by atoms with van der Waals surface area (Å²) in [7, 11) is 0. The van der Waals surface area contributed by atoms with E-state index in [0.717, 1.165) is 44.4 Å². The van der Waals surface area contributed by atoms with Gasteiger partial charge in [0.1, 0.15) is 5.75 Å². The van der Waals surface area contributed by atoms with Crippen molar-refractivity contribution in [3.63, 3.8) is 0 Å². The summed E-state index contributed by atoms with van der Waals surface area (Å²) in [5.74, 6) is -0.501. The zero-order chi connectivity index (χ0) is 30.0. The van der Waals surface area contributed by atoms with Crippen LogP contribution in [0, 0.1) is 0 Å². The smallest absolute Gasteiger partial charge is 0.355 e. The summed E-state index contributed by atoms with van der Waals surface area (Å²) in [6.07, 6.45) is 3.67. The normalized spacial score (nSPS) is 12.8. The Morgan fingerprint density at radius 1 is 0.977 bits per heavy atom. The van der Waals surface area contributed by atoms with E-state index in [4.69, 9.17) is 4.74 Å². The molecule has 0 spiro atoms. The van der Waals surface area contributed by atoms with Crippen LogP contribution in [0.3, 0.4) is 0 Å². The molecule has 0 unspecified atom stereocenters. The molecule has 44 heavy (non-hydrogen) atoms. The van der Waals surface area contributed by atoms with Gasteiger partial charge in [-0.3, -0.25) is 15.1 Å². The first-order valence-corrected chi connectivity index (χ1v) is 15.9. The molecule has 11 heteroatoms. The number of carboxylic acid groups (broad SMARTS) is 1. The maximum atomic E-state index is 13.4. The molecule has 0 radical (unpaired) electrons. The number of nitrogens with one attached hydrogen (secondary N) is 1. The fraction of sp³-hybridized carbons (Fsp3) is 0.182. The number of fused-ring (bicyclic) bond motifs is 3. The van der Waals surface area contributed by atoms with E-state index in [-0.39, 0.29) is 11.6 Å². The van der Waals surface area contributed by atoms with Crippen LogP contribution in [-0.2, 0) is 19.4 Å². The number of nitrogens with zero attached hydrogens (tertiary/aromatic N) is 4. The molecule has 7 rings (SSSR count). The standard InChI is InChI=1S/C33H27N5O4S2/c39-30(37-32-35-26-9-1-2-10-27(26)43-32)23-8-3-6-20-14-16-38(19-24(20)23)33-36-29(31(40)41)28(44-33)11-5-17-42-22-12-13-25-21(18-22)7-4-15-34-25/h1-4,6-10,12-13,15,18H,5,11,14,16-17,19H2,(H,40,41)(H,35,37,39). The van der Waals surface area contributed by atoms with Crippen molar-refractivity contribution in [2.24, 2.45) is 0 Å². The first-order chi connectivity index (χ1) is 21.5. The fourth-order valence-corrected chi connectivity index (χ4v) is 7.40. The molecule has 0 bridgehead atoms. The Labute approximate surface area is 260 Å². The lowest BCUT2D eigenvalue weighted by Gasteiger charge is -2.29. The number of para-hydroxylation sites is 1. The number of aryl methyl sites for hydroxylation is 1. The summed E-state index contributed by atoms with van der Waals surface area (Å²) < 4.78 is 6.96. The molecule has 1 aliphatic rings. The van der Waals surface area contributed by atoms with E-state index < -0.39 is 5.97 Å². The molecule has 6 aromatic rings. The van der Waals surface area contributed by atoms with Crippen LogP contribution in [0.1, 0.15) is 43.3 Å². The Kier molecular flexibility index (Phi) is 7.63. The lowest BCUT2D eigenvalue weighted by Crippen LogP contribution is -2.32. The topological polar surface area (TPSA) is 118 Å². The van der Waals surface area contributed by atoms with Crippen LogP contribution in [0.15, 0.2) is 79.0 Å². The van der Waals surface area contributed by atoms with Crippen molar-refractivity contribution in [2.75, 3.05) is 23.4 Å². The van der Waals surface area contributed by atoms with Crippen LogP contribution < -0.4 is 15.0 Å².